The van der Waals surface area contributed by atoms with Crippen molar-refractivity contribution >= 4 is 21.6 Å². The van der Waals surface area contributed by atoms with E-state index in [0.29, 0.717) is 12.2 Å². The predicted octanol–water partition coefficient (Wildman–Crippen LogP) is 2.61. The monoisotopic (exact) mass is 459 g/mol. The van der Waals surface area contributed by atoms with Gasteiger partial charge in [0.15, 0.2) is 0 Å². The molecule has 1 N–H and O–H groups in total. The summed E-state index contributed by atoms with van der Waals surface area (Å²) in [5.41, 5.74) is 4.55. The van der Waals surface area contributed by atoms with Crippen molar-refractivity contribution in [2.45, 2.75) is 39.9 Å². The molecule has 1 fully saturated rings. The summed E-state index contributed by atoms with van der Waals surface area (Å²) in [6.45, 7) is 9.95. The highest BCUT2D eigenvalue weighted by atomic mass is 32.2. The summed E-state index contributed by atoms with van der Waals surface area (Å²) in [5.74, 6) is -0.340. The third-order valence-electron chi connectivity index (χ3n) is 5.52. The van der Waals surface area contributed by atoms with E-state index < -0.39 is 16.1 Å². The summed E-state index contributed by atoms with van der Waals surface area (Å²) < 4.78 is 31.7. The number of anilines is 1. The fourth-order valence-electron chi connectivity index (χ4n) is 4.08. The lowest BCUT2D eigenvalue weighted by Crippen LogP contribution is -2.47. The van der Waals surface area contributed by atoms with Gasteiger partial charge >= 0.3 is 0 Å². The van der Waals surface area contributed by atoms with E-state index in [1.807, 2.05) is 32.0 Å². The second-order valence-electron chi connectivity index (χ2n) is 8.51. The highest BCUT2D eigenvalue weighted by Gasteiger charge is 2.29. The lowest BCUT2D eigenvalue weighted by molar-refractivity contribution is -0.122. The maximum atomic E-state index is 12.9. The molecule has 8 heteroatoms. The number of aryl methyl sites for hydroxylation is 2. The molecule has 1 saturated heterocycles. The topological polar surface area (TPSA) is 79.0 Å². The van der Waals surface area contributed by atoms with Gasteiger partial charge in [-0.1, -0.05) is 30.3 Å². The Morgan fingerprint density at radius 2 is 1.72 bits per heavy atom. The number of benzene rings is 2. The summed E-state index contributed by atoms with van der Waals surface area (Å²) in [7, 11) is -3.65. The van der Waals surface area contributed by atoms with Gasteiger partial charge in [0, 0.05) is 26.2 Å². The largest absolute Gasteiger partial charge is 0.379 e. The summed E-state index contributed by atoms with van der Waals surface area (Å²) in [5, 5.41) is 2.90. The van der Waals surface area contributed by atoms with Crippen molar-refractivity contribution in [2.75, 3.05) is 36.9 Å². The number of nitrogens with one attached hydrogen (secondary N) is 1. The number of amides is 1. The zero-order valence-corrected chi connectivity index (χ0v) is 20.1. The molecular formula is C24H33N3O4S. The highest BCUT2D eigenvalue weighted by molar-refractivity contribution is 7.92. The number of morpholine rings is 1. The molecule has 0 aromatic heterocycles. The van der Waals surface area contributed by atoms with E-state index in [9.17, 15) is 13.2 Å². The normalized spacial score (nSPS) is 15.9. The van der Waals surface area contributed by atoms with Crippen LogP contribution in [-0.4, -0.2) is 57.8 Å². The Labute approximate surface area is 191 Å². The number of carbonyl (C=O) groups excluding carboxylic acids is 1. The summed E-state index contributed by atoms with van der Waals surface area (Å²) in [6.07, 6.45) is 1.13. The maximum Gasteiger partial charge on any atom is 0.243 e. The van der Waals surface area contributed by atoms with Gasteiger partial charge in [-0.2, -0.15) is 0 Å². The lowest BCUT2D eigenvalue weighted by Gasteiger charge is -2.29. The molecule has 2 aromatic carbocycles. The van der Waals surface area contributed by atoms with Crippen molar-refractivity contribution in [3.05, 3.63) is 64.7 Å². The Balaban J connectivity index is 1.68. The van der Waals surface area contributed by atoms with Crippen molar-refractivity contribution in [3.8, 4) is 0 Å². The van der Waals surface area contributed by atoms with E-state index in [0.717, 1.165) is 55.8 Å². The van der Waals surface area contributed by atoms with Gasteiger partial charge in [-0.3, -0.25) is 14.0 Å². The molecule has 1 aliphatic heterocycles. The molecule has 32 heavy (non-hydrogen) atoms. The quantitative estimate of drug-likeness (QED) is 0.657. The van der Waals surface area contributed by atoms with Gasteiger partial charge in [-0.05, 0) is 55.2 Å². The van der Waals surface area contributed by atoms with E-state index in [-0.39, 0.29) is 5.91 Å². The third kappa shape index (κ3) is 6.54. The highest BCUT2D eigenvalue weighted by Crippen LogP contribution is 2.24. The average molecular weight is 460 g/mol. The number of sulfonamides is 1. The standard InChI is InChI=1S/C24H33N3O4S/c1-18-12-19(2)14-23(13-18)27(32(4,29)30)20(3)24(28)25-16-21-6-5-7-22(15-21)17-26-8-10-31-11-9-26/h5-7,12-15,20H,8-11,16-17H2,1-4H3,(H,25,28)/t20-/m1/s1. The van der Waals surface area contributed by atoms with Crippen LogP contribution in [0.15, 0.2) is 42.5 Å². The van der Waals surface area contributed by atoms with Crippen LogP contribution >= 0.6 is 0 Å². The van der Waals surface area contributed by atoms with Gasteiger partial charge in [0.05, 0.1) is 25.2 Å². The van der Waals surface area contributed by atoms with Crippen molar-refractivity contribution in [1.29, 1.82) is 0 Å². The molecule has 2 aromatic rings. The lowest BCUT2D eigenvalue weighted by atomic mass is 10.1. The molecule has 1 amide bonds. The number of nitrogens with zero attached hydrogens (tertiary/aromatic N) is 2. The Hall–Kier alpha value is -2.42. The molecule has 0 saturated carbocycles. The summed E-state index contributed by atoms with van der Waals surface area (Å²) in [4.78, 5) is 15.3. The zero-order chi connectivity index (χ0) is 23.3. The van der Waals surface area contributed by atoms with Gasteiger partial charge in [-0.25, -0.2) is 8.42 Å². The van der Waals surface area contributed by atoms with Crippen LogP contribution in [-0.2, 0) is 32.6 Å². The van der Waals surface area contributed by atoms with Crippen LogP contribution in [0.4, 0.5) is 5.69 Å². The van der Waals surface area contributed by atoms with Crippen LogP contribution in [0.25, 0.3) is 0 Å². The van der Waals surface area contributed by atoms with E-state index in [2.05, 4.69) is 22.3 Å². The summed E-state index contributed by atoms with van der Waals surface area (Å²) in [6, 6.07) is 12.8. The van der Waals surface area contributed by atoms with Crippen LogP contribution in [0, 0.1) is 13.8 Å². The molecule has 3 rings (SSSR count). The molecule has 0 unspecified atom stereocenters. The zero-order valence-electron chi connectivity index (χ0n) is 19.3. The second-order valence-corrected chi connectivity index (χ2v) is 10.4. The number of carbonyl (C=O) groups is 1. The Kier molecular flexibility index (Phi) is 7.92. The number of hydrogen-bond donors (Lipinski definition) is 1. The molecule has 0 spiro atoms. The van der Waals surface area contributed by atoms with Crippen LogP contribution in [0.1, 0.15) is 29.2 Å². The minimum atomic E-state index is -3.65. The van der Waals surface area contributed by atoms with E-state index in [4.69, 9.17) is 4.74 Å². The number of rotatable bonds is 8. The van der Waals surface area contributed by atoms with Gasteiger partial charge in [0.2, 0.25) is 15.9 Å². The van der Waals surface area contributed by atoms with E-state index in [1.165, 1.54) is 9.87 Å². The maximum absolute atomic E-state index is 12.9. The molecule has 0 aliphatic carbocycles. The van der Waals surface area contributed by atoms with Gasteiger partial charge in [-0.15, -0.1) is 0 Å². The minimum Gasteiger partial charge on any atom is -0.379 e. The number of ether oxygens (including phenoxy) is 1. The Bertz CT molecular complexity index is 1030. The van der Waals surface area contributed by atoms with Crippen LogP contribution < -0.4 is 9.62 Å². The van der Waals surface area contributed by atoms with E-state index in [1.54, 1.807) is 19.1 Å². The van der Waals surface area contributed by atoms with Gasteiger partial charge < -0.3 is 10.1 Å². The Morgan fingerprint density at radius 3 is 2.34 bits per heavy atom. The second kappa shape index (κ2) is 10.5. The van der Waals surface area contributed by atoms with E-state index >= 15 is 0 Å². The molecule has 0 bridgehead atoms. The van der Waals surface area contributed by atoms with Crippen LogP contribution in [0.5, 0.6) is 0 Å². The molecule has 7 nitrogen and oxygen atoms in total. The van der Waals surface area contributed by atoms with Crippen LogP contribution in [0.2, 0.25) is 0 Å². The SMILES string of the molecule is Cc1cc(C)cc(N([C@H](C)C(=O)NCc2cccc(CN3CCOCC3)c2)S(C)(=O)=O)c1. The van der Waals surface area contributed by atoms with Crippen molar-refractivity contribution in [1.82, 2.24) is 10.2 Å². The first-order chi connectivity index (χ1) is 15.1. The fraction of sp³-hybridized carbons (Fsp3) is 0.458. The molecule has 1 heterocycles. The van der Waals surface area contributed by atoms with Crippen LogP contribution in [0.3, 0.4) is 0 Å². The van der Waals surface area contributed by atoms with Crippen molar-refractivity contribution in [2.24, 2.45) is 0 Å². The molecule has 174 valence electrons. The average Bonchev–Trinajstić information content (AvgIpc) is 2.71. The Morgan fingerprint density at radius 1 is 1.09 bits per heavy atom. The van der Waals surface area contributed by atoms with Gasteiger partial charge in [0.1, 0.15) is 6.04 Å². The minimum absolute atomic E-state index is 0.338. The first-order valence-corrected chi connectivity index (χ1v) is 12.7. The summed E-state index contributed by atoms with van der Waals surface area (Å²) >= 11 is 0. The molecule has 0 radical (unpaired) electrons. The fourth-order valence-corrected chi connectivity index (χ4v) is 5.24. The molecule has 1 atom stereocenters. The molecule has 1 aliphatic rings. The van der Waals surface area contributed by atoms with Gasteiger partial charge in [0.25, 0.3) is 0 Å². The predicted molar refractivity (Wildman–Crippen MR) is 127 cm³/mol. The molecular weight excluding hydrogens is 426 g/mol. The van der Waals surface area contributed by atoms with Crippen molar-refractivity contribution < 1.29 is 17.9 Å². The first kappa shape index (κ1) is 24.2. The third-order valence-corrected chi connectivity index (χ3v) is 6.76. The number of hydrogen-bond acceptors (Lipinski definition) is 5. The first-order valence-electron chi connectivity index (χ1n) is 10.9. The van der Waals surface area contributed by atoms with Crippen molar-refractivity contribution in [3.63, 3.8) is 0 Å². The smallest absolute Gasteiger partial charge is 0.243 e.